The van der Waals surface area contributed by atoms with Gasteiger partial charge >= 0.3 is 0 Å². The zero-order valence-corrected chi connectivity index (χ0v) is 15.1. The van der Waals surface area contributed by atoms with Gasteiger partial charge in [0.05, 0.1) is 11.4 Å². The van der Waals surface area contributed by atoms with Crippen molar-refractivity contribution >= 4 is 57.9 Å². The number of hydrogen-bond acceptors (Lipinski definition) is 6. The molecule has 0 radical (unpaired) electrons. The summed E-state index contributed by atoms with van der Waals surface area (Å²) >= 11 is 9.99. The summed E-state index contributed by atoms with van der Waals surface area (Å²) in [5.74, 6) is -0.398. The van der Waals surface area contributed by atoms with E-state index < -0.39 is 0 Å². The van der Waals surface area contributed by atoms with Gasteiger partial charge in [-0.25, -0.2) is 0 Å². The molecule has 10 heteroatoms. The van der Waals surface area contributed by atoms with E-state index >= 15 is 0 Å². The molecule has 2 N–H and O–H groups in total. The van der Waals surface area contributed by atoms with Gasteiger partial charge in [-0.1, -0.05) is 0 Å². The molecule has 0 bridgehead atoms. The first kappa shape index (κ1) is 20.1. The molecule has 22 heavy (non-hydrogen) atoms. The van der Waals surface area contributed by atoms with Crippen LogP contribution in [0.3, 0.4) is 0 Å². The molecule has 0 aliphatic rings. The van der Waals surface area contributed by atoms with Gasteiger partial charge in [-0.15, -0.1) is 0 Å². The Bertz CT molecular complexity index is 496. The molecular weight excluding hydrogens is 324 g/mol. The van der Waals surface area contributed by atoms with E-state index in [2.05, 4.69) is 21.1 Å². The summed E-state index contributed by atoms with van der Waals surface area (Å²) in [6, 6.07) is 0. The highest BCUT2D eigenvalue weighted by molar-refractivity contribution is 7.80. The lowest BCUT2D eigenvalue weighted by atomic mass is 10.3. The predicted molar refractivity (Wildman–Crippen MR) is 94.6 cm³/mol. The Morgan fingerprint density at radius 2 is 1.05 bits per heavy atom. The molecule has 0 aliphatic heterocycles. The molecule has 0 aromatic rings. The summed E-state index contributed by atoms with van der Waals surface area (Å²) in [4.78, 5) is 24.8. The molecule has 2 amide bonds. The minimum atomic E-state index is -0.199. The molecular formula is C12H20N6O2S2. The van der Waals surface area contributed by atoms with E-state index in [0.29, 0.717) is 11.4 Å². The van der Waals surface area contributed by atoms with Crippen molar-refractivity contribution in [3.63, 3.8) is 0 Å². The van der Waals surface area contributed by atoms with Gasteiger partial charge in [-0.2, -0.15) is 10.2 Å². The summed E-state index contributed by atoms with van der Waals surface area (Å²) in [5, 5.41) is 8.40. The second-order valence-electron chi connectivity index (χ2n) is 4.38. The van der Waals surface area contributed by atoms with Gasteiger partial charge in [0.1, 0.15) is 0 Å². The summed E-state index contributed by atoms with van der Waals surface area (Å²) in [6.45, 7) is 6.21. The van der Waals surface area contributed by atoms with Crippen molar-refractivity contribution in [2.75, 3.05) is 14.1 Å². The fourth-order valence-corrected chi connectivity index (χ4v) is 1.21. The maximum Gasteiger partial charge on any atom is 0.225 e. The number of thiocarbonyl (C=S) groups is 2. The molecule has 0 saturated heterocycles. The molecule has 0 aliphatic carbocycles. The molecule has 8 nitrogen and oxygen atoms in total. The second-order valence-corrected chi connectivity index (χ2v) is 5.16. The van der Waals surface area contributed by atoms with Gasteiger partial charge in [0.2, 0.25) is 11.8 Å². The van der Waals surface area contributed by atoms with Crippen LogP contribution in [0.2, 0.25) is 0 Å². The summed E-state index contributed by atoms with van der Waals surface area (Å²) in [6.07, 6.45) is 0. The first-order valence-corrected chi connectivity index (χ1v) is 7.07. The molecule has 0 heterocycles. The van der Waals surface area contributed by atoms with E-state index in [1.54, 1.807) is 27.9 Å². The summed E-state index contributed by atoms with van der Waals surface area (Å²) in [7, 11) is 3.09. The Labute approximate surface area is 140 Å². The molecule has 0 aromatic carbocycles. The van der Waals surface area contributed by atoms with Gasteiger partial charge < -0.3 is 0 Å². The molecule has 0 saturated carbocycles. The van der Waals surface area contributed by atoms with E-state index in [1.807, 2.05) is 0 Å². The summed E-state index contributed by atoms with van der Waals surface area (Å²) in [5.41, 5.74) is 6.27. The Kier molecular flexibility index (Phi) is 8.35. The smallest absolute Gasteiger partial charge is 0.225 e. The molecule has 0 unspecified atom stereocenters. The maximum absolute atomic E-state index is 11.1. The third-order valence-corrected chi connectivity index (χ3v) is 3.45. The maximum atomic E-state index is 11.1. The number of hydrazone groups is 2. The van der Waals surface area contributed by atoms with Crippen molar-refractivity contribution in [1.82, 2.24) is 20.7 Å². The van der Waals surface area contributed by atoms with E-state index in [9.17, 15) is 9.59 Å². The number of carbonyl (C=O) groups is 2. The minimum absolute atomic E-state index is 0.180. The number of rotatable bonds is 3. The fourth-order valence-electron chi connectivity index (χ4n) is 0.861. The third-order valence-electron chi connectivity index (χ3n) is 2.72. The minimum Gasteiger partial charge on any atom is -0.291 e. The number of nitrogens with zero attached hydrogens (tertiary/aromatic N) is 4. The first-order chi connectivity index (χ1) is 10.1. The highest BCUT2D eigenvalue weighted by Crippen LogP contribution is 1.90. The topological polar surface area (TPSA) is 89.4 Å². The standard InChI is InChI=1S/C12H20N6O2S2/c1-7(13-15-11(21)17(5)9(3)19)8(2)14-16-12(22)18(6)10(4)20/h1-6H3,(H,15,21)(H,16,22)/b13-7+,14-8+. The lowest BCUT2D eigenvalue weighted by molar-refractivity contribution is -0.125. The Balaban J connectivity index is 4.68. The molecule has 0 fully saturated rings. The Morgan fingerprint density at radius 3 is 1.27 bits per heavy atom. The number of amides is 2. The molecule has 122 valence electrons. The highest BCUT2D eigenvalue weighted by Gasteiger charge is 2.09. The number of hydrogen-bond donors (Lipinski definition) is 2. The van der Waals surface area contributed by atoms with E-state index in [-0.39, 0.29) is 22.0 Å². The van der Waals surface area contributed by atoms with Crippen LogP contribution in [-0.2, 0) is 9.59 Å². The molecule has 0 spiro atoms. The van der Waals surface area contributed by atoms with Gasteiger partial charge in [-0.3, -0.25) is 30.2 Å². The molecule has 0 aromatic heterocycles. The van der Waals surface area contributed by atoms with Gasteiger partial charge in [-0.05, 0) is 38.3 Å². The van der Waals surface area contributed by atoms with Crippen LogP contribution in [0.5, 0.6) is 0 Å². The van der Waals surface area contributed by atoms with Crippen molar-refractivity contribution in [1.29, 1.82) is 0 Å². The van der Waals surface area contributed by atoms with Crippen LogP contribution in [0.1, 0.15) is 27.7 Å². The van der Waals surface area contributed by atoms with Crippen LogP contribution < -0.4 is 10.9 Å². The van der Waals surface area contributed by atoms with Crippen LogP contribution in [0, 0.1) is 0 Å². The highest BCUT2D eigenvalue weighted by atomic mass is 32.1. The fraction of sp³-hybridized carbons (Fsp3) is 0.500. The van der Waals surface area contributed by atoms with Gasteiger partial charge in [0.25, 0.3) is 0 Å². The lowest BCUT2D eigenvalue weighted by Crippen LogP contribution is -2.38. The van der Waals surface area contributed by atoms with E-state index in [0.717, 1.165) is 0 Å². The van der Waals surface area contributed by atoms with Crippen LogP contribution in [0.15, 0.2) is 10.2 Å². The van der Waals surface area contributed by atoms with Crippen molar-refractivity contribution in [3.05, 3.63) is 0 Å². The zero-order valence-electron chi connectivity index (χ0n) is 13.4. The van der Waals surface area contributed by atoms with Gasteiger partial charge in [0, 0.05) is 27.9 Å². The normalized spacial score (nSPS) is 11.5. The second kappa shape index (κ2) is 9.15. The average molecular weight is 344 g/mol. The van der Waals surface area contributed by atoms with Crippen molar-refractivity contribution in [3.8, 4) is 0 Å². The van der Waals surface area contributed by atoms with Crippen molar-refractivity contribution < 1.29 is 9.59 Å². The van der Waals surface area contributed by atoms with Crippen LogP contribution in [0.4, 0.5) is 0 Å². The lowest BCUT2D eigenvalue weighted by Gasteiger charge is -2.16. The molecule has 0 atom stereocenters. The van der Waals surface area contributed by atoms with Crippen LogP contribution in [0.25, 0.3) is 0 Å². The SMILES string of the molecule is CC(=O)N(C)C(=S)N/N=C(C)/C(C)=N/NC(=S)N(C)C(C)=O. The van der Waals surface area contributed by atoms with Crippen molar-refractivity contribution in [2.45, 2.75) is 27.7 Å². The largest absolute Gasteiger partial charge is 0.291 e. The van der Waals surface area contributed by atoms with Crippen LogP contribution >= 0.6 is 24.4 Å². The molecule has 0 rings (SSSR count). The van der Waals surface area contributed by atoms with Crippen LogP contribution in [-0.4, -0.2) is 57.4 Å². The Hall–Kier alpha value is -1.94. The van der Waals surface area contributed by atoms with Gasteiger partial charge in [0.15, 0.2) is 10.2 Å². The first-order valence-electron chi connectivity index (χ1n) is 6.25. The monoisotopic (exact) mass is 344 g/mol. The van der Waals surface area contributed by atoms with Crippen molar-refractivity contribution in [2.24, 2.45) is 10.2 Å². The Morgan fingerprint density at radius 1 is 0.773 bits per heavy atom. The van der Waals surface area contributed by atoms with E-state index in [4.69, 9.17) is 24.4 Å². The summed E-state index contributed by atoms with van der Waals surface area (Å²) < 4.78 is 0. The van der Waals surface area contributed by atoms with E-state index in [1.165, 1.54) is 23.6 Å². The predicted octanol–water partition coefficient (Wildman–Crippen LogP) is 0.444. The number of nitrogens with one attached hydrogen (secondary N) is 2. The quantitative estimate of drug-likeness (QED) is 0.439. The number of carbonyl (C=O) groups excluding carboxylic acids is 2. The third kappa shape index (κ3) is 6.68. The average Bonchev–Trinajstić information content (AvgIpc) is 2.47. The zero-order chi connectivity index (χ0) is 17.4.